The summed E-state index contributed by atoms with van der Waals surface area (Å²) in [5.41, 5.74) is 3.06. The van der Waals surface area contributed by atoms with E-state index in [1.807, 2.05) is 43.3 Å². The van der Waals surface area contributed by atoms with Crippen LogP contribution in [-0.4, -0.2) is 90.8 Å². The monoisotopic (exact) mass is 516 g/mol. The highest BCUT2D eigenvalue weighted by atomic mass is 16.5. The first-order valence-electron chi connectivity index (χ1n) is 13.2. The van der Waals surface area contributed by atoms with Crippen LogP contribution in [0.25, 0.3) is 10.8 Å². The molecule has 1 atom stereocenters. The highest BCUT2D eigenvalue weighted by Gasteiger charge is 2.33. The van der Waals surface area contributed by atoms with Gasteiger partial charge in [-0.1, -0.05) is 30.8 Å². The molecule has 0 aliphatic carbocycles. The third kappa shape index (κ3) is 5.11. The van der Waals surface area contributed by atoms with Gasteiger partial charge in [-0.05, 0) is 45.0 Å². The number of amides is 1. The normalized spacial score (nSPS) is 17.6. The largest absolute Gasteiger partial charge is 0.508 e. The maximum atomic E-state index is 12.1. The molecule has 1 amide bonds. The maximum absolute atomic E-state index is 12.1. The van der Waals surface area contributed by atoms with Gasteiger partial charge in [-0.2, -0.15) is 9.97 Å². The fourth-order valence-electron chi connectivity index (χ4n) is 5.38. The Kier molecular flexibility index (Phi) is 7.37. The van der Waals surface area contributed by atoms with Crippen LogP contribution in [0.3, 0.4) is 0 Å². The number of piperazine rings is 1. The van der Waals surface area contributed by atoms with E-state index in [1.54, 1.807) is 6.07 Å². The Labute approximate surface area is 223 Å². The molecule has 5 rings (SSSR count). The van der Waals surface area contributed by atoms with E-state index in [2.05, 4.69) is 34.3 Å². The third-order valence-corrected chi connectivity index (χ3v) is 7.43. The Balaban J connectivity index is 1.50. The highest BCUT2D eigenvalue weighted by molar-refractivity contribution is 5.96. The van der Waals surface area contributed by atoms with Crippen molar-refractivity contribution in [1.29, 1.82) is 0 Å². The van der Waals surface area contributed by atoms with E-state index < -0.39 is 0 Å². The SMILES string of the molecule is C=CC(=O)N1CCN(c2nc(OCCN(C)C)nc3c2CCN(c2cc(O)cc4ccccc24)C3C)CC1. The van der Waals surface area contributed by atoms with Gasteiger partial charge in [0.15, 0.2) is 0 Å². The fraction of sp³-hybridized carbons (Fsp3) is 0.414. The van der Waals surface area contributed by atoms with Crippen molar-refractivity contribution in [3.05, 3.63) is 60.3 Å². The molecule has 1 aromatic heterocycles. The van der Waals surface area contributed by atoms with E-state index in [0.717, 1.165) is 53.0 Å². The van der Waals surface area contributed by atoms with Crippen LogP contribution in [0, 0.1) is 0 Å². The molecule has 0 saturated carbocycles. The van der Waals surface area contributed by atoms with E-state index >= 15 is 0 Å². The summed E-state index contributed by atoms with van der Waals surface area (Å²) in [6.45, 7) is 10.4. The maximum Gasteiger partial charge on any atom is 0.318 e. The number of anilines is 2. The topological polar surface area (TPSA) is 85.3 Å². The number of fused-ring (bicyclic) bond motifs is 2. The van der Waals surface area contributed by atoms with Crippen LogP contribution in [0.5, 0.6) is 11.8 Å². The molecule has 38 heavy (non-hydrogen) atoms. The molecule has 3 heterocycles. The summed E-state index contributed by atoms with van der Waals surface area (Å²) in [6, 6.07) is 12.1. The van der Waals surface area contributed by atoms with Gasteiger partial charge in [0.1, 0.15) is 18.2 Å². The van der Waals surface area contributed by atoms with E-state index in [0.29, 0.717) is 38.8 Å². The molecule has 1 unspecified atom stereocenters. The van der Waals surface area contributed by atoms with Gasteiger partial charge in [-0.25, -0.2) is 0 Å². The molecule has 9 nitrogen and oxygen atoms in total. The van der Waals surface area contributed by atoms with Gasteiger partial charge < -0.3 is 29.4 Å². The van der Waals surface area contributed by atoms with Gasteiger partial charge in [0.05, 0.1) is 11.7 Å². The Morgan fingerprint density at radius 2 is 1.92 bits per heavy atom. The molecule has 9 heteroatoms. The molecule has 0 bridgehead atoms. The zero-order chi connectivity index (χ0) is 26.8. The zero-order valence-corrected chi connectivity index (χ0v) is 22.4. The Bertz CT molecular complexity index is 1340. The Morgan fingerprint density at radius 1 is 1.16 bits per heavy atom. The molecule has 2 aliphatic heterocycles. The van der Waals surface area contributed by atoms with Crippen molar-refractivity contribution in [1.82, 2.24) is 19.8 Å². The number of rotatable bonds is 7. The Hall–Kier alpha value is -3.85. The lowest BCUT2D eigenvalue weighted by molar-refractivity contribution is -0.126. The second kappa shape index (κ2) is 10.9. The van der Waals surface area contributed by atoms with E-state index in [4.69, 9.17) is 14.7 Å². The van der Waals surface area contributed by atoms with Gasteiger partial charge in [-0.15, -0.1) is 0 Å². The number of nitrogens with zero attached hydrogens (tertiary/aromatic N) is 6. The third-order valence-electron chi connectivity index (χ3n) is 7.43. The number of phenols is 1. The van der Waals surface area contributed by atoms with Gasteiger partial charge >= 0.3 is 6.01 Å². The van der Waals surface area contributed by atoms with Gasteiger partial charge in [0.2, 0.25) is 5.91 Å². The lowest BCUT2D eigenvalue weighted by Crippen LogP contribution is -2.49. The van der Waals surface area contributed by atoms with Crippen LogP contribution in [0.1, 0.15) is 24.2 Å². The van der Waals surface area contributed by atoms with E-state index in [1.165, 1.54) is 6.08 Å². The average Bonchev–Trinajstić information content (AvgIpc) is 2.92. The number of hydrogen-bond acceptors (Lipinski definition) is 8. The first-order chi connectivity index (χ1) is 18.4. The number of carbonyl (C=O) groups is 1. The van der Waals surface area contributed by atoms with Crippen molar-refractivity contribution in [3.8, 4) is 11.8 Å². The summed E-state index contributed by atoms with van der Waals surface area (Å²) in [7, 11) is 4.01. The highest BCUT2D eigenvalue weighted by Crippen LogP contribution is 2.41. The summed E-state index contributed by atoms with van der Waals surface area (Å²) < 4.78 is 6.04. The minimum atomic E-state index is -0.0504. The first kappa shape index (κ1) is 25.8. The molecule has 3 aromatic rings. The van der Waals surface area contributed by atoms with E-state index in [9.17, 15) is 9.90 Å². The second-order valence-corrected chi connectivity index (χ2v) is 10.2. The number of phenolic OH excluding ortho intramolecular Hbond substituents is 1. The minimum absolute atomic E-state index is 0.0373. The van der Waals surface area contributed by atoms with Crippen LogP contribution >= 0.6 is 0 Å². The average molecular weight is 517 g/mol. The summed E-state index contributed by atoms with van der Waals surface area (Å²) in [4.78, 5) is 30.4. The van der Waals surface area contributed by atoms with Crippen molar-refractivity contribution in [2.45, 2.75) is 19.4 Å². The molecular weight excluding hydrogens is 480 g/mol. The number of aromatic hydroxyl groups is 1. The number of ether oxygens (including phenoxy) is 1. The number of hydrogen-bond donors (Lipinski definition) is 1. The fourth-order valence-corrected chi connectivity index (χ4v) is 5.38. The van der Waals surface area contributed by atoms with Crippen LogP contribution in [0.2, 0.25) is 0 Å². The molecule has 200 valence electrons. The number of benzene rings is 2. The number of carbonyl (C=O) groups excluding carboxylic acids is 1. The number of likely N-dealkylation sites (N-methyl/N-ethyl adjacent to an activating group) is 1. The van der Waals surface area contributed by atoms with Gasteiger partial charge in [0, 0.05) is 62.0 Å². The minimum Gasteiger partial charge on any atom is -0.508 e. The van der Waals surface area contributed by atoms with E-state index in [-0.39, 0.29) is 17.7 Å². The first-order valence-corrected chi connectivity index (χ1v) is 13.2. The van der Waals surface area contributed by atoms with Crippen LogP contribution in [0.15, 0.2) is 49.1 Å². The molecular formula is C29H36N6O3. The number of aromatic nitrogens is 2. The standard InChI is InChI=1S/C29H36N6O3/c1-5-26(37)33-12-14-34(15-13-33)28-24-10-11-35(25-19-22(36)18-21-8-6-7-9-23(21)25)20(2)27(24)30-29(31-28)38-17-16-32(3)4/h5-9,18-20,36H,1,10-17H2,2-4H3. The van der Waals surface area contributed by atoms with Crippen molar-refractivity contribution in [2.75, 3.05) is 69.8 Å². The summed E-state index contributed by atoms with van der Waals surface area (Å²) in [5, 5.41) is 12.6. The quantitative estimate of drug-likeness (QED) is 0.479. The molecule has 2 aliphatic rings. The summed E-state index contributed by atoms with van der Waals surface area (Å²) in [5.74, 6) is 1.11. The molecule has 0 radical (unpaired) electrons. The predicted molar refractivity (Wildman–Crippen MR) is 150 cm³/mol. The molecule has 1 saturated heterocycles. The lowest BCUT2D eigenvalue weighted by Gasteiger charge is -2.40. The van der Waals surface area contributed by atoms with Gasteiger partial charge in [0.25, 0.3) is 0 Å². The lowest BCUT2D eigenvalue weighted by atomic mass is 9.96. The van der Waals surface area contributed by atoms with Crippen molar-refractivity contribution in [2.24, 2.45) is 0 Å². The van der Waals surface area contributed by atoms with Gasteiger partial charge in [-0.3, -0.25) is 4.79 Å². The zero-order valence-electron chi connectivity index (χ0n) is 22.4. The molecule has 1 fully saturated rings. The van der Waals surface area contributed by atoms with Crippen LogP contribution < -0.4 is 14.5 Å². The Morgan fingerprint density at radius 3 is 2.66 bits per heavy atom. The molecule has 2 aromatic carbocycles. The van der Waals surface area contributed by atoms with Crippen LogP contribution in [-0.2, 0) is 11.2 Å². The molecule has 0 spiro atoms. The molecule has 1 N–H and O–H groups in total. The van der Waals surface area contributed by atoms with Crippen LogP contribution in [0.4, 0.5) is 11.5 Å². The van der Waals surface area contributed by atoms with Crippen molar-refractivity contribution < 1.29 is 14.6 Å². The van der Waals surface area contributed by atoms with Crippen molar-refractivity contribution >= 4 is 28.2 Å². The van der Waals surface area contributed by atoms with Crippen molar-refractivity contribution in [3.63, 3.8) is 0 Å². The summed E-state index contributed by atoms with van der Waals surface area (Å²) >= 11 is 0. The summed E-state index contributed by atoms with van der Waals surface area (Å²) in [6.07, 6.45) is 2.14. The smallest absolute Gasteiger partial charge is 0.318 e. The second-order valence-electron chi connectivity index (χ2n) is 10.2. The predicted octanol–water partition coefficient (Wildman–Crippen LogP) is 3.23.